The number of amides is 1. The zero-order valence-corrected chi connectivity index (χ0v) is 16.7. The van der Waals surface area contributed by atoms with Crippen molar-refractivity contribution in [2.75, 3.05) is 26.2 Å². The van der Waals surface area contributed by atoms with Gasteiger partial charge in [0.25, 0.3) is 5.91 Å². The lowest BCUT2D eigenvalue weighted by Gasteiger charge is -2.35. The fraction of sp³-hybridized carbons (Fsp3) is 0.350. The third kappa shape index (κ3) is 4.51. The molecular formula is C20H23FN2O4S. The molecule has 3 rings (SSSR count). The van der Waals surface area contributed by atoms with E-state index in [1.165, 1.54) is 16.4 Å². The molecule has 1 atom stereocenters. The van der Waals surface area contributed by atoms with E-state index in [-0.39, 0.29) is 37.0 Å². The third-order valence-electron chi connectivity index (χ3n) is 4.65. The van der Waals surface area contributed by atoms with Crippen LogP contribution in [0.2, 0.25) is 0 Å². The molecule has 0 radical (unpaired) electrons. The predicted octanol–water partition coefficient (Wildman–Crippen LogP) is 2.43. The van der Waals surface area contributed by atoms with Crippen molar-refractivity contribution in [1.29, 1.82) is 0 Å². The van der Waals surface area contributed by atoms with Crippen molar-refractivity contribution in [3.63, 3.8) is 0 Å². The Morgan fingerprint density at radius 1 is 1.07 bits per heavy atom. The molecule has 1 aliphatic rings. The summed E-state index contributed by atoms with van der Waals surface area (Å²) < 4.78 is 45.4. The number of benzene rings is 2. The van der Waals surface area contributed by atoms with Crippen LogP contribution in [-0.4, -0.2) is 55.8 Å². The lowest BCUT2D eigenvalue weighted by atomic mass is 10.2. The molecule has 2 aromatic rings. The molecular weight excluding hydrogens is 383 g/mol. The van der Waals surface area contributed by atoms with E-state index in [4.69, 9.17) is 4.74 Å². The molecule has 0 aromatic heterocycles. The van der Waals surface area contributed by atoms with Crippen LogP contribution < -0.4 is 4.74 Å². The van der Waals surface area contributed by atoms with Crippen LogP contribution >= 0.6 is 0 Å². The van der Waals surface area contributed by atoms with Crippen LogP contribution in [0.4, 0.5) is 4.39 Å². The lowest BCUT2D eigenvalue weighted by molar-refractivity contribution is -0.139. The highest BCUT2D eigenvalue weighted by Gasteiger charge is 2.32. The first-order chi connectivity index (χ1) is 13.3. The number of nitrogens with zero attached hydrogens (tertiary/aromatic N) is 2. The van der Waals surface area contributed by atoms with Gasteiger partial charge in [-0.15, -0.1) is 0 Å². The smallest absolute Gasteiger partial charge is 0.263 e. The number of sulfonamides is 1. The Kier molecular flexibility index (Phi) is 6.00. The quantitative estimate of drug-likeness (QED) is 0.765. The van der Waals surface area contributed by atoms with Gasteiger partial charge in [0.05, 0.1) is 4.90 Å². The normalized spacial score (nSPS) is 16.6. The minimum Gasteiger partial charge on any atom is -0.481 e. The van der Waals surface area contributed by atoms with E-state index in [1.807, 2.05) is 25.1 Å². The van der Waals surface area contributed by atoms with Crippen molar-refractivity contribution in [3.8, 4) is 5.75 Å². The second-order valence-corrected chi connectivity index (χ2v) is 8.70. The summed E-state index contributed by atoms with van der Waals surface area (Å²) in [6, 6.07) is 12.2. The third-order valence-corrected chi connectivity index (χ3v) is 6.56. The van der Waals surface area contributed by atoms with Gasteiger partial charge in [-0.05, 0) is 55.8 Å². The maximum atomic E-state index is 13.0. The molecule has 0 bridgehead atoms. The molecule has 1 amide bonds. The van der Waals surface area contributed by atoms with Crippen molar-refractivity contribution in [1.82, 2.24) is 9.21 Å². The average molecular weight is 406 g/mol. The Morgan fingerprint density at radius 2 is 1.71 bits per heavy atom. The van der Waals surface area contributed by atoms with Gasteiger partial charge in [0.15, 0.2) is 6.10 Å². The van der Waals surface area contributed by atoms with Crippen molar-refractivity contribution in [2.45, 2.75) is 24.8 Å². The number of rotatable bonds is 5. The Labute approximate surface area is 164 Å². The molecule has 0 spiro atoms. The fourth-order valence-electron chi connectivity index (χ4n) is 3.10. The van der Waals surface area contributed by atoms with Gasteiger partial charge in [0.2, 0.25) is 10.0 Å². The molecule has 1 heterocycles. The highest BCUT2D eigenvalue weighted by Crippen LogP contribution is 2.19. The second kappa shape index (κ2) is 8.28. The molecule has 0 N–H and O–H groups in total. The summed E-state index contributed by atoms with van der Waals surface area (Å²) in [5.74, 6) is -0.0457. The Bertz CT molecular complexity index is 939. The number of hydrogen-bond acceptors (Lipinski definition) is 4. The number of carbonyl (C=O) groups is 1. The fourth-order valence-corrected chi connectivity index (χ4v) is 4.53. The summed E-state index contributed by atoms with van der Waals surface area (Å²) in [5, 5.41) is 0. The van der Waals surface area contributed by atoms with Crippen LogP contribution in [0.5, 0.6) is 5.75 Å². The van der Waals surface area contributed by atoms with Gasteiger partial charge in [-0.3, -0.25) is 4.79 Å². The van der Waals surface area contributed by atoms with Gasteiger partial charge >= 0.3 is 0 Å². The van der Waals surface area contributed by atoms with Crippen LogP contribution in [0, 0.1) is 12.7 Å². The van der Waals surface area contributed by atoms with E-state index >= 15 is 0 Å². The molecule has 0 aliphatic carbocycles. The van der Waals surface area contributed by atoms with Gasteiger partial charge in [-0.1, -0.05) is 12.1 Å². The van der Waals surface area contributed by atoms with Gasteiger partial charge in [-0.25, -0.2) is 12.8 Å². The molecule has 1 saturated heterocycles. The highest BCUT2D eigenvalue weighted by atomic mass is 32.2. The molecule has 6 nitrogen and oxygen atoms in total. The van der Waals surface area contributed by atoms with E-state index in [0.717, 1.165) is 17.7 Å². The zero-order valence-electron chi connectivity index (χ0n) is 15.8. The van der Waals surface area contributed by atoms with E-state index in [2.05, 4.69) is 0 Å². The van der Waals surface area contributed by atoms with Gasteiger partial charge in [0, 0.05) is 26.2 Å². The molecule has 150 valence electrons. The maximum Gasteiger partial charge on any atom is 0.263 e. The second-order valence-electron chi connectivity index (χ2n) is 6.76. The van der Waals surface area contributed by atoms with Gasteiger partial charge < -0.3 is 9.64 Å². The maximum absolute atomic E-state index is 13.0. The Balaban J connectivity index is 1.59. The monoisotopic (exact) mass is 406 g/mol. The number of halogens is 1. The summed E-state index contributed by atoms with van der Waals surface area (Å²) in [4.78, 5) is 14.3. The van der Waals surface area contributed by atoms with Crippen molar-refractivity contribution in [3.05, 3.63) is 59.9 Å². The van der Waals surface area contributed by atoms with Crippen molar-refractivity contribution < 1.29 is 22.3 Å². The largest absolute Gasteiger partial charge is 0.481 e. The highest BCUT2D eigenvalue weighted by molar-refractivity contribution is 7.89. The molecule has 28 heavy (non-hydrogen) atoms. The summed E-state index contributed by atoms with van der Waals surface area (Å²) in [6.07, 6.45) is -0.665. The molecule has 1 aliphatic heterocycles. The Morgan fingerprint density at radius 3 is 2.32 bits per heavy atom. The minimum absolute atomic E-state index is 0.0461. The molecule has 1 unspecified atom stereocenters. The van der Waals surface area contributed by atoms with E-state index < -0.39 is 21.9 Å². The van der Waals surface area contributed by atoms with Crippen LogP contribution in [0.3, 0.4) is 0 Å². The number of carbonyl (C=O) groups excluding carboxylic acids is 1. The first kappa shape index (κ1) is 20.3. The summed E-state index contributed by atoms with van der Waals surface area (Å²) in [7, 11) is -3.70. The molecule has 2 aromatic carbocycles. The van der Waals surface area contributed by atoms with E-state index in [0.29, 0.717) is 5.75 Å². The molecule has 8 heteroatoms. The van der Waals surface area contributed by atoms with Crippen LogP contribution in [-0.2, 0) is 14.8 Å². The average Bonchev–Trinajstić information content (AvgIpc) is 2.68. The Hall–Kier alpha value is -2.45. The SMILES string of the molecule is Cc1cccc(OC(C)C(=O)N2CCN(S(=O)(=O)c3ccc(F)cc3)CC2)c1. The van der Waals surface area contributed by atoms with Gasteiger partial charge in [-0.2, -0.15) is 4.31 Å². The summed E-state index contributed by atoms with van der Waals surface area (Å²) in [6.45, 7) is 4.55. The molecule has 1 fully saturated rings. The standard InChI is InChI=1S/C20H23FN2O4S/c1-15-4-3-5-18(14-15)27-16(2)20(24)22-10-12-23(13-11-22)28(25,26)19-8-6-17(21)7-9-19/h3-9,14,16H,10-13H2,1-2H3. The van der Waals surface area contributed by atoms with Crippen LogP contribution in [0.25, 0.3) is 0 Å². The zero-order chi connectivity index (χ0) is 20.3. The van der Waals surface area contributed by atoms with Crippen LogP contribution in [0.15, 0.2) is 53.4 Å². The first-order valence-corrected chi connectivity index (χ1v) is 10.5. The van der Waals surface area contributed by atoms with Crippen molar-refractivity contribution >= 4 is 15.9 Å². The number of aryl methyl sites for hydroxylation is 1. The first-order valence-electron chi connectivity index (χ1n) is 9.05. The number of piperazine rings is 1. The minimum atomic E-state index is -3.70. The predicted molar refractivity (Wildman–Crippen MR) is 103 cm³/mol. The van der Waals surface area contributed by atoms with Gasteiger partial charge in [0.1, 0.15) is 11.6 Å². The summed E-state index contributed by atoms with van der Waals surface area (Å²) in [5.41, 5.74) is 1.04. The summed E-state index contributed by atoms with van der Waals surface area (Å²) >= 11 is 0. The van der Waals surface area contributed by atoms with E-state index in [9.17, 15) is 17.6 Å². The molecule has 0 saturated carbocycles. The van der Waals surface area contributed by atoms with Crippen molar-refractivity contribution in [2.24, 2.45) is 0 Å². The number of ether oxygens (including phenoxy) is 1. The topological polar surface area (TPSA) is 66.9 Å². The lowest BCUT2D eigenvalue weighted by Crippen LogP contribution is -2.53. The van der Waals surface area contributed by atoms with Crippen LogP contribution in [0.1, 0.15) is 12.5 Å². The van der Waals surface area contributed by atoms with E-state index in [1.54, 1.807) is 17.9 Å². The number of hydrogen-bond donors (Lipinski definition) is 0.